The minimum atomic E-state index is -0.511. The van der Waals surface area contributed by atoms with Gasteiger partial charge in [-0.3, -0.25) is 15.0 Å². The number of ether oxygens (including phenoxy) is 1. The fourth-order valence-electron chi connectivity index (χ4n) is 5.25. The van der Waals surface area contributed by atoms with Crippen LogP contribution < -0.4 is 10.9 Å². The highest BCUT2D eigenvalue weighted by atomic mass is 19.1. The molecule has 2 N–H and O–H groups in total. The van der Waals surface area contributed by atoms with Crippen molar-refractivity contribution in [2.45, 2.75) is 25.7 Å². The summed E-state index contributed by atoms with van der Waals surface area (Å²) in [6.45, 7) is 3.19. The standard InChI is InChI=1S/C30H28FN5O3/c31-25-10-7-19(16-27-22-5-1-2-6-23(22)29(37)35-34-27)15-24(25)20-8-9-21-18-28(32-26(21)17-20)33-30(38)39-14-13-36-11-3-4-12-36/h1-2,5-10,15,17H,3-4,11-14,16,18H2,(H,35,37)(H,32,33,38). The average molecular weight is 526 g/mol. The van der Waals surface area contributed by atoms with Crippen molar-refractivity contribution in [1.82, 2.24) is 20.4 Å². The summed E-state index contributed by atoms with van der Waals surface area (Å²) in [6.07, 6.45) is 2.79. The first-order valence-corrected chi connectivity index (χ1v) is 13.2. The van der Waals surface area contributed by atoms with Crippen LogP contribution in [-0.2, 0) is 17.6 Å². The molecule has 0 spiro atoms. The van der Waals surface area contributed by atoms with Crippen LogP contribution in [0.4, 0.5) is 14.9 Å². The summed E-state index contributed by atoms with van der Waals surface area (Å²) in [4.78, 5) is 31.2. The number of nitrogens with one attached hydrogen (secondary N) is 2. The average Bonchev–Trinajstić information content (AvgIpc) is 3.60. The number of H-pyrrole nitrogens is 1. The summed E-state index contributed by atoms with van der Waals surface area (Å²) in [5.41, 5.74) is 4.11. The molecule has 1 aromatic heterocycles. The molecule has 9 heteroatoms. The second kappa shape index (κ2) is 10.8. The van der Waals surface area contributed by atoms with Crippen LogP contribution in [0.5, 0.6) is 0 Å². The van der Waals surface area contributed by atoms with Crippen molar-refractivity contribution in [2.24, 2.45) is 4.99 Å². The number of carbonyl (C=O) groups is 1. The molecular formula is C30H28FN5O3. The van der Waals surface area contributed by atoms with E-state index in [9.17, 15) is 14.0 Å². The molecule has 1 fully saturated rings. The number of hydrogen-bond donors (Lipinski definition) is 2. The molecule has 39 heavy (non-hydrogen) atoms. The number of alkyl carbamates (subject to hydrolysis) is 1. The number of aliphatic imine (C=N–C) groups is 1. The first-order valence-electron chi connectivity index (χ1n) is 13.2. The van der Waals surface area contributed by atoms with Crippen LogP contribution >= 0.6 is 0 Å². The molecule has 0 aliphatic carbocycles. The summed E-state index contributed by atoms with van der Waals surface area (Å²) in [5.74, 6) is 0.165. The predicted molar refractivity (Wildman–Crippen MR) is 148 cm³/mol. The van der Waals surface area contributed by atoms with Crippen molar-refractivity contribution < 1.29 is 13.9 Å². The highest BCUT2D eigenvalue weighted by molar-refractivity contribution is 6.01. The quantitative estimate of drug-likeness (QED) is 0.379. The van der Waals surface area contributed by atoms with Gasteiger partial charge in [0.1, 0.15) is 18.3 Å². The van der Waals surface area contributed by atoms with Crippen LogP contribution in [0.25, 0.3) is 21.9 Å². The molecule has 0 bridgehead atoms. The van der Waals surface area contributed by atoms with Gasteiger partial charge in [-0.1, -0.05) is 36.4 Å². The monoisotopic (exact) mass is 525 g/mol. The van der Waals surface area contributed by atoms with E-state index in [1.165, 1.54) is 18.9 Å². The first kappa shape index (κ1) is 24.9. The lowest BCUT2D eigenvalue weighted by Crippen LogP contribution is -2.33. The number of amidine groups is 1. The second-order valence-electron chi connectivity index (χ2n) is 9.92. The SMILES string of the molecule is O=C(NC1=Nc2cc(-c3cc(Cc4n[nH]c(=O)c5ccccc45)ccc3F)ccc2C1)OCCN1CCCC1. The number of rotatable bonds is 6. The third-order valence-electron chi connectivity index (χ3n) is 7.27. The number of nitrogens with zero attached hydrogens (tertiary/aromatic N) is 3. The molecule has 6 rings (SSSR count). The topological polar surface area (TPSA) is 99.7 Å². The van der Waals surface area contributed by atoms with Gasteiger partial charge in [-0.2, -0.15) is 5.10 Å². The predicted octanol–water partition coefficient (Wildman–Crippen LogP) is 4.73. The molecule has 3 heterocycles. The maximum Gasteiger partial charge on any atom is 0.412 e. The Labute approximate surface area is 224 Å². The van der Waals surface area contributed by atoms with E-state index < -0.39 is 6.09 Å². The van der Waals surface area contributed by atoms with Gasteiger partial charge < -0.3 is 4.74 Å². The largest absolute Gasteiger partial charge is 0.448 e. The number of benzene rings is 3. The molecule has 0 unspecified atom stereocenters. The third-order valence-corrected chi connectivity index (χ3v) is 7.27. The maximum atomic E-state index is 15.0. The van der Waals surface area contributed by atoms with Gasteiger partial charge in [-0.05, 0) is 66.9 Å². The van der Waals surface area contributed by atoms with Crippen LogP contribution in [0, 0.1) is 5.82 Å². The lowest BCUT2D eigenvalue weighted by atomic mass is 9.97. The van der Waals surface area contributed by atoms with Gasteiger partial charge >= 0.3 is 6.09 Å². The summed E-state index contributed by atoms with van der Waals surface area (Å²) in [5, 5.41) is 10.9. The Morgan fingerprint density at radius 2 is 1.87 bits per heavy atom. The van der Waals surface area contributed by atoms with E-state index in [1.54, 1.807) is 18.2 Å². The Bertz CT molecular complexity index is 1640. The van der Waals surface area contributed by atoms with Crippen LogP contribution in [-0.4, -0.2) is 53.3 Å². The maximum absolute atomic E-state index is 15.0. The highest BCUT2D eigenvalue weighted by Gasteiger charge is 2.19. The number of aromatic amines is 1. The van der Waals surface area contributed by atoms with Gasteiger partial charge in [0.15, 0.2) is 0 Å². The summed E-state index contributed by atoms with van der Waals surface area (Å²) in [7, 11) is 0. The Hall–Kier alpha value is -4.37. The Balaban J connectivity index is 1.17. The minimum Gasteiger partial charge on any atom is -0.448 e. The number of carbonyl (C=O) groups excluding carboxylic acids is 1. The van der Waals surface area contributed by atoms with E-state index in [4.69, 9.17) is 4.74 Å². The Kier molecular flexibility index (Phi) is 6.89. The highest BCUT2D eigenvalue weighted by Crippen LogP contribution is 2.33. The zero-order valence-electron chi connectivity index (χ0n) is 21.4. The Morgan fingerprint density at radius 3 is 2.72 bits per heavy atom. The number of fused-ring (bicyclic) bond motifs is 2. The molecule has 1 saturated heterocycles. The smallest absolute Gasteiger partial charge is 0.412 e. The molecule has 4 aromatic rings. The molecule has 8 nitrogen and oxygen atoms in total. The molecular weight excluding hydrogens is 497 g/mol. The second-order valence-corrected chi connectivity index (χ2v) is 9.92. The molecule has 198 valence electrons. The minimum absolute atomic E-state index is 0.239. The number of amides is 1. The molecule has 0 saturated carbocycles. The number of aromatic nitrogens is 2. The van der Waals surface area contributed by atoms with Crippen molar-refractivity contribution in [3.05, 3.63) is 93.7 Å². The van der Waals surface area contributed by atoms with E-state index in [0.29, 0.717) is 53.2 Å². The van der Waals surface area contributed by atoms with Gasteiger partial charge in [-0.15, -0.1) is 0 Å². The zero-order valence-corrected chi connectivity index (χ0v) is 21.4. The lowest BCUT2D eigenvalue weighted by Gasteiger charge is -2.14. The number of likely N-dealkylation sites (tertiary alicyclic amines) is 1. The van der Waals surface area contributed by atoms with E-state index in [-0.39, 0.29) is 11.4 Å². The van der Waals surface area contributed by atoms with Crippen molar-refractivity contribution in [1.29, 1.82) is 0 Å². The van der Waals surface area contributed by atoms with Gasteiger partial charge in [-0.25, -0.2) is 19.3 Å². The Morgan fingerprint density at radius 1 is 1.05 bits per heavy atom. The van der Waals surface area contributed by atoms with Gasteiger partial charge in [0.25, 0.3) is 5.56 Å². The van der Waals surface area contributed by atoms with Crippen molar-refractivity contribution >= 4 is 28.4 Å². The van der Waals surface area contributed by atoms with Crippen LogP contribution in [0.1, 0.15) is 29.7 Å². The molecule has 0 radical (unpaired) electrons. The normalized spacial score (nSPS) is 14.8. The van der Waals surface area contributed by atoms with E-state index in [2.05, 4.69) is 25.4 Å². The lowest BCUT2D eigenvalue weighted by molar-refractivity contribution is 0.137. The van der Waals surface area contributed by atoms with E-state index in [0.717, 1.165) is 36.1 Å². The van der Waals surface area contributed by atoms with E-state index in [1.807, 2.05) is 36.4 Å². The van der Waals surface area contributed by atoms with Crippen LogP contribution in [0.3, 0.4) is 0 Å². The van der Waals surface area contributed by atoms with Gasteiger partial charge in [0, 0.05) is 30.3 Å². The molecule has 2 aliphatic heterocycles. The van der Waals surface area contributed by atoms with Crippen LogP contribution in [0.2, 0.25) is 0 Å². The summed E-state index contributed by atoms with van der Waals surface area (Å²) in [6, 6.07) is 17.9. The number of hydrogen-bond acceptors (Lipinski definition) is 6. The molecule has 2 aliphatic rings. The summed E-state index contributed by atoms with van der Waals surface area (Å²) < 4.78 is 20.3. The molecule has 0 atom stereocenters. The zero-order chi connectivity index (χ0) is 26.8. The third kappa shape index (κ3) is 5.44. The van der Waals surface area contributed by atoms with Crippen molar-refractivity contribution in [3.63, 3.8) is 0 Å². The van der Waals surface area contributed by atoms with Gasteiger partial charge in [0.05, 0.1) is 16.8 Å². The van der Waals surface area contributed by atoms with Crippen LogP contribution in [0.15, 0.2) is 70.5 Å². The van der Waals surface area contributed by atoms with E-state index >= 15 is 0 Å². The first-order chi connectivity index (χ1) is 19.0. The van der Waals surface area contributed by atoms with Crippen molar-refractivity contribution in [3.8, 4) is 11.1 Å². The van der Waals surface area contributed by atoms with Gasteiger partial charge in [0.2, 0.25) is 0 Å². The molecule has 1 amide bonds. The molecule has 3 aromatic carbocycles. The number of halogens is 1. The van der Waals surface area contributed by atoms with Crippen molar-refractivity contribution in [2.75, 3.05) is 26.2 Å². The summed E-state index contributed by atoms with van der Waals surface area (Å²) >= 11 is 0. The fourth-order valence-corrected chi connectivity index (χ4v) is 5.25. The fraction of sp³-hybridized carbons (Fsp3) is 0.267.